The average Bonchev–Trinajstić information content (AvgIpc) is 3.75. The first-order valence-electron chi connectivity index (χ1n) is 14.8. The molecule has 3 atom stereocenters. The van der Waals surface area contributed by atoms with Gasteiger partial charge < -0.3 is 19.7 Å². The molecule has 1 aromatic carbocycles. The first-order chi connectivity index (χ1) is 20.5. The number of ether oxygens (including phenoxy) is 2. The van der Waals surface area contributed by atoms with Crippen LogP contribution < -0.4 is 15.0 Å². The summed E-state index contributed by atoms with van der Waals surface area (Å²) < 4.78 is 11.5. The van der Waals surface area contributed by atoms with Crippen LogP contribution in [0, 0.1) is 17.8 Å². The molecular formula is C31H36Cl2N6O3. The number of anilines is 1. The zero-order valence-corrected chi connectivity index (χ0v) is 25.3. The molecule has 2 aliphatic heterocycles. The lowest BCUT2D eigenvalue weighted by molar-refractivity contribution is -0.145. The smallest absolute Gasteiger partial charge is 0.309 e. The molecule has 0 amide bonds. The Kier molecular flexibility index (Phi) is 9.09. The molecule has 1 unspecified atom stereocenters. The van der Waals surface area contributed by atoms with Gasteiger partial charge in [-0.05, 0) is 87.5 Å². The number of aromatic nitrogens is 3. The number of halogens is 2. The Balaban J connectivity index is 1.19. The van der Waals surface area contributed by atoms with Crippen LogP contribution in [0.2, 0.25) is 10.0 Å². The van der Waals surface area contributed by atoms with E-state index in [2.05, 4.69) is 31.2 Å². The minimum absolute atomic E-state index is 0.0258. The second-order valence-electron chi connectivity index (χ2n) is 11.2. The number of rotatable bonds is 8. The highest BCUT2D eigenvalue weighted by atomic mass is 35.5. The van der Waals surface area contributed by atoms with Gasteiger partial charge in [-0.25, -0.2) is 15.0 Å². The predicted molar refractivity (Wildman–Crippen MR) is 163 cm³/mol. The summed E-state index contributed by atoms with van der Waals surface area (Å²) >= 11 is 12.7. The molecule has 0 radical (unpaired) electrons. The molecule has 9 nitrogen and oxygen atoms in total. The van der Waals surface area contributed by atoms with Crippen LogP contribution in [0.4, 0.5) is 5.95 Å². The summed E-state index contributed by atoms with van der Waals surface area (Å²) in [7, 11) is 0. The maximum absolute atomic E-state index is 12.3. The quantitative estimate of drug-likeness (QED) is 0.334. The zero-order valence-electron chi connectivity index (χ0n) is 23.8. The number of hydrogen-bond donors (Lipinski definition) is 1. The van der Waals surface area contributed by atoms with Crippen molar-refractivity contribution in [3.63, 3.8) is 0 Å². The molecule has 1 N–H and O–H groups in total. The molecule has 1 aliphatic carbocycles. The molecule has 3 aliphatic rings. The fraction of sp³-hybridized carbons (Fsp3) is 0.484. The molecule has 3 fully saturated rings. The molecule has 4 heterocycles. The van der Waals surface area contributed by atoms with E-state index in [1.807, 2.05) is 25.1 Å². The molecular weight excluding hydrogens is 575 g/mol. The van der Waals surface area contributed by atoms with Crippen molar-refractivity contribution in [1.29, 1.82) is 0 Å². The lowest BCUT2D eigenvalue weighted by atomic mass is 10.1. The van der Waals surface area contributed by atoms with Gasteiger partial charge in [-0.1, -0.05) is 23.2 Å². The SMILES string of the molecule is CCOC(=O)[C@H]1C2CCN(Cc3cc(Oc4cnc(N5CCCNCC5)nc4)nc(-c4cc(Cl)cc(Cl)c4)c3)CC[C@@H]21. The number of nitrogens with zero attached hydrogens (tertiary/aromatic N) is 5. The van der Waals surface area contributed by atoms with Crippen LogP contribution in [0.25, 0.3) is 11.3 Å². The molecule has 11 heteroatoms. The van der Waals surface area contributed by atoms with Crippen molar-refractivity contribution in [2.45, 2.75) is 32.7 Å². The van der Waals surface area contributed by atoms with Crippen molar-refractivity contribution < 1.29 is 14.3 Å². The Hall–Kier alpha value is -2.98. The molecule has 0 bridgehead atoms. The normalized spacial score (nSPS) is 22.5. The number of hydrogen-bond acceptors (Lipinski definition) is 9. The van der Waals surface area contributed by atoms with Gasteiger partial charge in [0.05, 0.1) is 30.6 Å². The molecule has 222 valence electrons. The molecule has 42 heavy (non-hydrogen) atoms. The van der Waals surface area contributed by atoms with Gasteiger partial charge in [0.25, 0.3) is 0 Å². The molecule has 2 aromatic heterocycles. The van der Waals surface area contributed by atoms with Crippen LogP contribution >= 0.6 is 23.2 Å². The summed E-state index contributed by atoms with van der Waals surface area (Å²) in [5, 5.41) is 4.49. The van der Waals surface area contributed by atoms with Crippen LogP contribution in [-0.2, 0) is 16.1 Å². The lowest BCUT2D eigenvalue weighted by Gasteiger charge is -2.22. The van der Waals surface area contributed by atoms with E-state index in [-0.39, 0.29) is 11.9 Å². The van der Waals surface area contributed by atoms with E-state index in [4.69, 9.17) is 37.7 Å². The summed E-state index contributed by atoms with van der Waals surface area (Å²) in [6.45, 7) is 8.62. The second-order valence-corrected chi connectivity index (χ2v) is 12.1. The Morgan fingerprint density at radius 3 is 2.43 bits per heavy atom. The minimum atomic E-state index is -0.0258. The maximum atomic E-state index is 12.3. The Morgan fingerprint density at radius 2 is 1.71 bits per heavy atom. The average molecular weight is 612 g/mol. The van der Waals surface area contributed by atoms with Crippen LogP contribution in [-0.4, -0.2) is 71.7 Å². The highest BCUT2D eigenvalue weighted by Crippen LogP contribution is 2.53. The van der Waals surface area contributed by atoms with Gasteiger partial charge in [-0.15, -0.1) is 0 Å². The molecule has 3 aromatic rings. The summed E-state index contributed by atoms with van der Waals surface area (Å²) in [5.74, 6) is 2.59. The minimum Gasteiger partial charge on any atom is -0.466 e. The topological polar surface area (TPSA) is 92.7 Å². The molecule has 1 saturated carbocycles. The number of fused-ring (bicyclic) bond motifs is 1. The van der Waals surface area contributed by atoms with Gasteiger partial charge in [0.2, 0.25) is 11.8 Å². The van der Waals surface area contributed by atoms with Crippen molar-refractivity contribution in [1.82, 2.24) is 25.2 Å². The van der Waals surface area contributed by atoms with Gasteiger partial charge in [-0.2, -0.15) is 0 Å². The first kappa shape index (κ1) is 29.1. The van der Waals surface area contributed by atoms with Crippen molar-refractivity contribution in [2.24, 2.45) is 17.8 Å². The standard InChI is InChI=1S/C31H36Cl2N6O3/c1-2-41-30(40)29-25-4-9-38(10-5-26(25)29)19-20-12-27(21-14-22(32)16-23(33)15-21)37-28(13-20)42-24-17-35-31(36-18-24)39-8-3-6-34-7-11-39/h12-18,25-26,29,34H,2-11,19H2,1H3/t25-,26?,29+/m0/s1. The van der Waals surface area contributed by atoms with Gasteiger partial charge in [0, 0.05) is 47.9 Å². The van der Waals surface area contributed by atoms with Crippen LogP contribution in [0.1, 0.15) is 31.7 Å². The van der Waals surface area contributed by atoms with Crippen LogP contribution in [0.5, 0.6) is 11.6 Å². The third-order valence-corrected chi connectivity index (χ3v) is 8.77. The zero-order chi connectivity index (χ0) is 29.1. The van der Waals surface area contributed by atoms with Gasteiger partial charge >= 0.3 is 5.97 Å². The van der Waals surface area contributed by atoms with E-state index in [1.165, 1.54) is 0 Å². The van der Waals surface area contributed by atoms with Crippen molar-refractivity contribution in [3.8, 4) is 22.9 Å². The summed E-state index contributed by atoms with van der Waals surface area (Å²) in [6, 6.07) is 9.45. The monoisotopic (exact) mass is 610 g/mol. The van der Waals surface area contributed by atoms with Crippen molar-refractivity contribution in [2.75, 3.05) is 50.8 Å². The molecule has 0 spiro atoms. The summed E-state index contributed by atoms with van der Waals surface area (Å²) in [6.07, 6.45) is 6.45. The number of pyridine rings is 1. The highest BCUT2D eigenvalue weighted by Gasteiger charge is 2.55. The number of likely N-dealkylation sites (tertiary alicyclic amines) is 1. The van der Waals surface area contributed by atoms with Gasteiger partial charge in [0.1, 0.15) is 0 Å². The van der Waals surface area contributed by atoms with E-state index in [0.29, 0.717) is 46.1 Å². The van der Waals surface area contributed by atoms with Crippen molar-refractivity contribution in [3.05, 3.63) is 58.3 Å². The predicted octanol–water partition coefficient (Wildman–Crippen LogP) is 5.46. The van der Waals surface area contributed by atoms with Crippen molar-refractivity contribution >= 4 is 35.1 Å². The Morgan fingerprint density at radius 1 is 0.976 bits per heavy atom. The summed E-state index contributed by atoms with van der Waals surface area (Å²) in [5.41, 5.74) is 2.61. The van der Waals surface area contributed by atoms with Gasteiger partial charge in [0.15, 0.2) is 5.75 Å². The van der Waals surface area contributed by atoms with E-state index in [9.17, 15) is 4.79 Å². The third-order valence-electron chi connectivity index (χ3n) is 8.33. The Bertz CT molecular complexity index is 1370. The highest BCUT2D eigenvalue weighted by molar-refractivity contribution is 6.35. The number of benzene rings is 1. The number of nitrogens with one attached hydrogen (secondary N) is 1. The van der Waals surface area contributed by atoms with E-state index in [0.717, 1.165) is 81.9 Å². The fourth-order valence-electron chi connectivity index (χ4n) is 6.26. The fourth-order valence-corrected chi connectivity index (χ4v) is 6.78. The molecule has 6 rings (SSSR count). The number of esters is 1. The second kappa shape index (κ2) is 13.1. The van der Waals surface area contributed by atoms with Crippen LogP contribution in [0.3, 0.4) is 0 Å². The third kappa shape index (κ3) is 6.97. The largest absolute Gasteiger partial charge is 0.466 e. The van der Waals surface area contributed by atoms with E-state index in [1.54, 1.807) is 18.5 Å². The molecule has 2 saturated heterocycles. The lowest BCUT2D eigenvalue weighted by Crippen LogP contribution is -2.29. The van der Waals surface area contributed by atoms with E-state index >= 15 is 0 Å². The number of carbonyl (C=O) groups is 1. The first-order valence-corrected chi connectivity index (χ1v) is 15.5. The van der Waals surface area contributed by atoms with Crippen LogP contribution in [0.15, 0.2) is 42.7 Å². The van der Waals surface area contributed by atoms with E-state index < -0.39 is 0 Å². The maximum Gasteiger partial charge on any atom is 0.309 e. The Labute approximate surface area is 256 Å². The number of carbonyl (C=O) groups excluding carboxylic acids is 1. The summed E-state index contributed by atoms with van der Waals surface area (Å²) in [4.78, 5) is 30.9. The van der Waals surface area contributed by atoms with Gasteiger partial charge in [-0.3, -0.25) is 9.69 Å².